The first kappa shape index (κ1) is 24.1. The molecule has 3 aromatic rings. The molecule has 0 saturated carbocycles. The van der Waals surface area contributed by atoms with Gasteiger partial charge >= 0.3 is 0 Å². The highest BCUT2D eigenvalue weighted by Gasteiger charge is 2.11. The van der Waals surface area contributed by atoms with Gasteiger partial charge in [0.15, 0.2) is 6.61 Å². The average molecular weight is 456 g/mol. The van der Waals surface area contributed by atoms with E-state index in [2.05, 4.69) is 10.6 Å². The number of hydrogen-bond acceptors (Lipinski definition) is 5. The van der Waals surface area contributed by atoms with E-state index in [-0.39, 0.29) is 18.1 Å². The topological polar surface area (TPSA) is 100 Å². The summed E-state index contributed by atoms with van der Waals surface area (Å²) in [5.74, 6) is 0.282. The van der Waals surface area contributed by atoms with E-state index in [9.17, 15) is 14.9 Å². The molecule has 7 heteroatoms. The number of rotatable bonds is 8. The average Bonchev–Trinajstić information content (AvgIpc) is 2.84. The van der Waals surface area contributed by atoms with Crippen molar-refractivity contribution in [3.8, 4) is 17.6 Å². The SMILES string of the molecule is COc1ccc(NC(=O)/C(C#N)=C\c2cccc(OCC(=O)Nc3cc(C)ccc3C)c2)cc1. The molecule has 0 saturated heterocycles. The standard InChI is InChI=1S/C27H25N3O4/c1-18-7-8-19(2)25(13-18)30-26(31)17-34-24-6-4-5-20(15-24)14-21(16-28)27(32)29-22-9-11-23(33-3)12-10-22/h4-15H,17H2,1-3H3,(H,29,32)(H,30,31)/b21-14-. The molecule has 0 fully saturated rings. The van der Waals surface area contributed by atoms with Crippen LogP contribution in [-0.4, -0.2) is 25.5 Å². The van der Waals surface area contributed by atoms with Crippen molar-refractivity contribution in [2.45, 2.75) is 13.8 Å². The summed E-state index contributed by atoms with van der Waals surface area (Å²) in [7, 11) is 1.55. The van der Waals surface area contributed by atoms with Gasteiger partial charge in [-0.3, -0.25) is 9.59 Å². The number of benzene rings is 3. The summed E-state index contributed by atoms with van der Waals surface area (Å²) in [6.07, 6.45) is 1.46. The van der Waals surface area contributed by atoms with Crippen LogP contribution in [0.25, 0.3) is 6.08 Å². The van der Waals surface area contributed by atoms with E-state index >= 15 is 0 Å². The lowest BCUT2D eigenvalue weighted by Gasteiger charge is -2.11. The van der Waals surface area contributed by atoms with Crippen molar-refractivity contribution >= 4 is 29.3 Å². The summed E-state index contributed by atoms with van der Waals surface area (Å²) in [5, 5.41) is 15.0. The fourth-order valence-electron chi connectivity index (χ4n) is 3.09. The molecule has 172 valence electrons. The first-order chi connectivity index (χ1) is 16.4. The van der Waals surface area contributed by atoms with Gasteiger partial charge in [-0.05, 0) is 79.1 Å². The number of methoxy groups -OCH3 is 1. The van der Waals surface area contributed by atoms with Crippen LogP contribution in [0.5, 0.6) is 11.5 Å². The molecule has 34 heavy (non-hydrogen) atoms. The molecule has 2 amide bonds. The monoisotopic (exact) mass is 455 g/mol. The predicted molar refractivity (Wildman–Crippen MR) is 132 cm³/mol. The van der Waals surface area contributed by atoms with Crippen LogP contribution >= 0.6 is 0 Å². The van der Waals surface area contributed by atoms with Crippen molar-refractivity contribution in [2.75, 3.05) is 24.4 Å². The fourth-order valence-corrected chi connectivity index (χ4v) is 3.09. The number of carbonyl (C=O) groups is 2. The van der Waals surface area contributed by atoms with E-state index in [0.717, 1.165) is 16.8 Å². The van der Waals surface area contributed by atoms with Crippen molar-refractivity contribution in [2.24, 2.45) is 0 Å². The van der Waals surface area contributed by atoms with Gasteiger partial charge in [0.2, 0.25) is 0 Å². The van der Waals surface area contributed by atoms with Crippen LogP contribution in [-0.2, 0) is 9.59 Å². The summed E-state index contributed by atoms with van der Waals surface area (Å²) < 4.78 is 10.7. The molecule has 0 atom stereocenters. The molecule has 0 aliphatic carbocycles. The number of nitrogens with zero attached hydrogens (tertiary/aromatic N) is 1. The van der Waals surface area contributed by atoms with Crippen LogP contribution in [0, 0.1) is 25.2 Å². The van der Waals surface area contributed by atoms with Gasteiger partial charge in [-0.2, -0.15) is 5.26 Å². The predicted octanol–water partition coefficient (Wildman–Crippen LogP) is 4.88. The first-order valence-electron chi connectivity index (χ1n) is 10.5. The third-order valence-electron chi connectivity index (χ3n) is 4.92. The van der Waals surface area contributed by atoms with E-state index in [4.69, 9.17) is 9.47 Å². The van der Waals surface area contributed by atoms with E-state index in [1.54, 1.807) is 55.6 Å². The maximum Gasteiger partial charge on any atom is 0.266 e. The van der Waals surface area contributed by atoms with Gasteiger partial charge in [-0.15, -0.1) is 0 Å². The van der Waals surface area contributed by atoms with Crippen LogP contribution in [0.4, 0.5) is 11.4 Å². The molecule has 0 aliphatic rings. The second kappa shape index (κ2) is 11.3. The molecular weight excluding hydrogens is 430 g/mol. The number of anilines is 2. The Bertz CT molecular complexity index is 1260. The van der Waals surface area contributed by atoms with Gasteiger partial charge in [-0.25, -0.2) is 0 Å². The van der Waals surface area contributed by atoms with Gasteiger partial charge in [-0.1, -0.05) is 24.3 Å². The number of aryl methyl sites for hydroxylation is 2. The zero-order valence-corrected chi connectivity index (χ0v) is 19.2. The molecule has 0 aromatic heterocycles. The molecule has 2 N–H and O–H groups in total. The highest BCUT2D eigenvalue weighted by atomic mass is 16.5. The molecule has 3 aromatic carbocycles. The van der Waals surface area contributed by atoms with E-state index in [1.165, 1.54) is 6.08 Å². The van der Waals surface area contributed by atoms with Gasteiger partial charge in [0.1, 0.15) is 23.1 Å². The lowest BCUT2D eigenvalue weighted by atomic mass is 10.1. The van der Waals surface area contributed by atoms with Gasteiger partial charge in [0.05, 0.1) is 7.11 Å². The zero-order chi connectivity index (χ0) is 24.5. The molecule has 0 unspecified atom stereocenters. The molecule has 0 radical (unpaired) electrons. The number of amides is 2. The Hall–Kier alpha value is -4.57. The maximum atomic E-state index is 12.5. The molecule has 3 rings (SSSR count). The number of carbonyl (C=O) groups excluding carboxylic acids is 2. The minimum absolute atomic E-state index is 0.0689. The number of nitriles is 1. The van der Waals surface area contributed by atoms with Crippen molar-refractivity contribution in [1.29, 1.82) is 5.26 Å². The third kappa shape index (κ3) is 6.71. The second-order valence-corrected chi connectivity index (χ2v) is 7.58. The lowest BCUT2D eigenvalue weighted by Crippen LogP contribution is -2.20. The number of ether oxygens (including phenoxy) is 2. The Morgan fingerprint density at radius 2 is 1.74 bits per heavy atom. The Balaban J connectivity index is 1.63. The number of nitrogens with one attached hydrogen (secondary N) is 2. The minimum Gasteiger partial charge on any atom is -0.497 e. The van der Waals surface area contributed by atoms with Crippen LogP contribution in [0.15, 0.2) is 72.3 Å². The van der Waals surface area contributed by atoms with Crippen molar-refractivity contribution < 1.29 is 19.1 Å². The molecule has 0 spiro atoms. The highest BCUT2D eigenvalue weighted by Crippen LogP contribution is 2.19. The Kier molecular flexibility index (Phi) is 8.03. The van der Waals surface area contributed by atoms with E-state index < -0.39 is 5.91 Å². The quantitative estimate of drug-likeness (QED) is 0.373. The highest BCUT2D eigenvalue weighted by molar-refractivity contribution is 6.09. The summed E-state index contributed by atoms with van der Waals surface area (Å²) in [4.78, 5) is 24.8. The second-order valence-electron chi connectivity index (χ2n) is 7.58. The van der Waals surface area contributed by atoms with Crippen molar-refractivity contribution in [1.82, 2.24) is 0 Å². The van der Waals surface area contributed by atoms with Gasteiger partial charge < -0.3 is 20.1 Å². The molecule has 0 aliphatic heterocycles. The summed E-state index contributed by atoms with van der Waals surface area (Å²) in [5.41, 5.74) is 3.81. The lowest BCUT2D eigenvalue weighted by molar-refractivity contribution is -0.118. The van der Waals surface area contributed by atoms with Crippen LogP contribution < -0.4 is 20.1 Å². The van der Waals surface area contributed by atoms with Crippen molar-refractivity contribution in [3.63, 3.8) is 0 Å². The third-order valence-corrected chi connectivity index (χ3v) is 4.92. The van der Waals surface area contributed by atoms with Crippen LogP contribution in [0.3, 0.4) is 0 Å². The Morgan fingerprint density at radius 3 is 2.44 bits per heavy atom. The minimum atomic E-state index is -0.535. The molecule has 7 nitrogen and oxygen atoms in total. The maximum absolute atomic E-state index is 12.5. The van der Waals surface area contributed by atoms with Crippen molar-refractivity contribution in [3.05, 3.63) is 89.0 Å². The molecule has 0 bridgehead atoms. The largest absolute Gasteiger partial charge is 0.497 e. The summed E-state index contributed by atoms with van der Waals surface area (Å²) in [6, 6.07) is 21.3. The van der Waals surface area contributed by atoms with Gasteiger partial charge in [0, 0.05) is 11.4 Å². The summed E-state index contributed by atoms with van der Waals surface area (Å²) in [6.45, 7) is 3.70. The fraction of sp³-hybridized carbons (Fsp3) is 0.148. The first-order valence-corrected chi connectivity index (χ1v) is 10.5. The smallest absolute Gasteiger partial charge is 0.266 e. The van der Waals surface area contributed by atoms with Crippen LogP contribution in [0.1, 0.15) is 16.7 Å². The molecule has 0 heterocycles. The van der Waals surface area contributed by atoms with E-state index in [1.807, 2.05) is 38.1 Å². The Labute approximate surface area is 198 Å². The van der Waals surface area contributed by atoms with Gasteiger partial charge in [0.25, 0.3) is 11.8 Å². The molecular formula is C27H25N3O4. The number of hydrogen-bond donors (Lipinski definition) is 2. The Morgan fingerprint density at radius 1 is 0.971 bits per heavy atom. The zero-order valence-electron chi connectivity index (χ0n) is 19.2. The summed E-state index contributed by atoms with van der Waals surface area (Å²) >= 11 is 0. The van der Waals surface area contributed by atoms with Crippen LogP contribution in [0.2, 0.25) is 0 Å². The van der Waals surface area contributed by atoms with E-state index in [0.29, 0.717) is 22.7 Å². The normalized spacial score (nSPS) is 10.7.